The molecule has 2 N–H and O–H groups in total. The van der Waals surface area contributed by atoms with Crippen molar-refractivity contribution in [3.63, 3.8) is 0 Å². The molecule has 0 aromatic rings. The Morgan fingerprint density at radius 1 is 1.26 bits per heavy atom. The van der Waals surface area contributed by atoms with Gasteiger partial charge >= 0.3 is 15.5 Å². The third-order valence-electron chi connectivity index (χ3n) is 4.63. The van der Waals surface area contributed by atoms with Crippen LogP contribution in [0.2, 0.25) is 0 Å². The molecule has 1 saturated heterocycles. The van der Waals surface area contributed by atoms with Gasteiger partial charge in [-0.25, -0.2) is 8.42 Å². The van der Waals surface area contributed by atoms with Gasteiger partial charge in [-0.05, 0) is 39.7 Å². The van der Waals surface area contributed by atoms with Crippen molar-refractivity contribution in [1.29, 1.82) is 0 Å². The van der Waals surface area contributed by atoms with E-state index in [0.717, 1.165) is 13.1 Å². The fourth-order valence-corrected chi connectivity index (χ4v) is 3.55. The molecule has 162 valence electrons. The lowest BCUT2D eigenvalue weighted by molar-refractivity contribution is -0.0496. The van der Waals surface area contributed by atoms with Crippen LogP contribution in [0.5, 0.6) is 0 Å². The highest BCUT2D eigenvalue weighted by Crippen LogP contribution is 2.30. The minimum Gasteiger partial charge on any atom is -0.356 e. The number of sulfonamides is 1. The third-order valence-corrected chi connectivity index (χ3v) is 6.26. The van der Waals surface area contributed by atoms with Crippen LogP contribution in [0, 0.1) is 5.92 Å². The predicted octanol–water partition coefficient (Wildman–Crippen LogP) is 1.67. The Kier molecular flexibility index (Phi) is 11.5. The lowest BCUT2D eigenvalue weighted by atomic mass is 9.98. The second-order valence-corrected chi connectivity index (χ2v) is 8.68. The van der Waals surface area contributed by atoms with Crippen LogP contribution in [0.15, 0.2) is 4.99 Å². The number of piperidine rings is 1. The number of nitrogens with one attached hydrogen (secondary N) is 2. The maximum Gasteiger partial charge on any atom is 0.511 e. The van der Waals surface area contributed by atoms with E-state index in [2.05, 4.69) is 34.4 Å². The third kappa shape index (κ3) is 8.28. The second-order valence-electron chi connectivity index (χ2n) is 6.75. The summed E-state index contributed by atoms with van der Waals surface area (Å²) in [5.41, 5.74) is -5.23. The van der Waals surface area contributed by atoms with Crippen LogP contribution in [0.1, 0.15) is 26.7 Å². The summed E-state index contributed by atoms with van der Waals surface area (Å²) in [6, 6.07) is 0.449. The average Bonchev–Trinajstić information content (AvgIpc) is 2.56. The quantitative estimate of drug-likeness (QED) is 0.298. The van der Waals surface area contributed by atoms with E-state index in [0.29, 0.717) is 35.7 Å². The number of nitrogens with zero attached hydrogens (tertiary/aromatic N) is 3. The molecule has 27 heavy (non-hydrogen) atoms. The Balaban J connectivity index is 0.00000676. The molecule has 1 aliphatic rings. The monoisotopic (exact) mass is 529 g/mol. The molecule has 1 rings (SSSR count). The largest absolute Gasteiger partial charge is 0.511 e. The summed E-state index contributed by atoms with van der Waals surface area (Å²) in [4.78, 5) is 6.31. The van der Waals surface area contributed by atoms with Crippen LogP contribution in [-0.2, 0) is 10.0 Å². The lowest BCUT2D eigenvalue weighted by Gasteiger charge is -2.31. The predicted molar refractivity (Wildman–Crippen MR) is 112 cm³/mol. The van der Waals surface area contributed by atoms with E-state index in [1.165, 1.54) is 0 Å². The number of hydrogen-bond acceptors (Lipinski definition) is 4. The lowest BCUT2D eigenvalue weighted by Crippen LogP contribution is -2.47. The van der Waals surface area contributed by atoms with Crippen LogP contribution in [0.4, 0.5) is 13.2 Å². The first-order valence-electron chi connectivity index (χ1n) is 8.70. The van der Waals surface area contributed by atoms with E-state index in [9.17, 15) is 21.6 Å². The normalized spacial score (nSPS) is 17.9. The van der Waals surface area contributed by atoms with Gasteiger partial charge in [-0.1, -0.05) is 0 Å². The summed E-state index contributed by atoms with van der Waals surface area (Å²) in [6.07, 6.45) is 0.769. The fourth-order valence-electron chi connectivity index (χ4n) is 2.57. The number of likely N-dealkylation sites (N-methyl/N-ethyl adjacent to an activating group) is 1. The Labute approximate surface area is 177 Å². The van der Waals surface area contributed by atoms with E-state index in [4.69, 9.17) is 0 Å². The molecule has 0 amide bonds. The van der Waals surface area contributed by atoms with Gasteiger partial charge in [0, 0.05) is 45.8 Å². The van der Waals surface area contributed by atoms with E-state index in [1.54, 1.807) is 7.05 Å². The smallest absolute Gasteiger partial charge is 0.356 e. The number of rotatable bonds is 7. The van der Waals surface area contributed by atoms with Crippen molar-refractivity contribution in [3.05, 3.63) is 0 Å². The summed E-state index contributed by atoms with van der Waals surface area (Å²) in [6.45, 7) is 6.11. The summed E-state index contributed by atoms with van der Waals surface area (Å²) in [5, 5.41) is 6.35. The first-order chi connectivity index (χ1) is 12.0. The molecule has 1 heterocycles. The van der Waals surface area contributed by atoms with Crippen LogP contribution < -0.4 is 10.6 Å². The highest BCUT2D eigenvalue weighted by atomic mass is 127. The molecule has 0 aromatic heterocycles. The summed E-state index contributed by atoms with van der Waals surface area (Å²) >= 11 is 0. The first-order valence-corrected chi connectivity index (χ1v) is 10.1. The Morgan fingerprint density at radius 3 is 2.26 bits per heavy atom. The van der Waals surface area contributed by atoms with Crippen molar-refractivity contribution in [2.75, 3.05) is 46.8 Å². The Bertz CT molecular complexity index is 564. The molecular weight excluding hydrogens is 498 g/mol. The molecule has 0 spiro atoms. The minimum atomic E-state index is -5.23. The van der Waals surface area contributed by atoms with E-state index >= 15 is 0 Å². The van der Waals surface area contributed by atoms with Gasteiger partial charge in [0.25, 0.3) is 0 Å². The zero-order chi connectivity index (χ0) is 20.0. The molecule has 0 unspecified atom stereocenters. The molecule has 0 radical (unpaired) electrons. The zero-order valence-corrected chi connectivity index (χ0v) is 19.4. The van der Waals surface area contributed by atoms with Gasteiger partial charge in [0.05, 0.1) is 0 Å². The number of alkyl halides is 3. The van der Waals surface area contributed by atoms with Crippen molar-refractivity contribution in [3.8, 4) is 0 Å². The molecular formula is C15H31F3IN5O2S. The van der Waals surface area contributed by atoms with E-state index in [-0.39, 0.29) is 43.0 Å². The highest BCUT2D eigenvalue weighted by Gasteiger charge is 2.50. The van der Waals surface area contributed by atoms with Crippen molar-refractivity contribution in [1.82, 2.24) is 19.8 Å². The van der Waals surface area contributed by atoms with E-state index in [1.807, 2.05) is 7.05 Å². The molecule has 0 saturated carbocycles. The molecule has 7 nitrogen and oxygen atoms in total. The van der Waals surface area contributed by atoms with Gasteiger partial charge < -0.3 is 15.5 Å². The number of guanidine groups is 1. The van der Waals surface area contributed by atoms with Crippen molar-refractivity contribution < 1.29 is 21.6 Å². The van der Waals surface area contributed by atoms with Crippen molar-refractivity contribution in [2.24, 2.45) is 10.9 Å². The van der Waals surface area contributed by atoms with Crippen molar-refractivity contribution >= 4 is 40.0 Å². The zero-order valence-electron chi connectivity index (χ0n) is 16.2. The molecule has 1 aliphatic heterocycles. The molecule has 12 heteroatoms. The van der Waals surface area contributed by atoms with Crippen LogP contribution >= 0.6 is 24.0 Å². The number of aliphatic imine (C=N–C) groups is 1. The highest BCUT2D eigenvalue weighted by molar-refractivity contribution is 14.0. The van der Waals surface area contributed by atoms with Crippen LogP contribution in [0.25, 0.3) is 0 Å². The van der Waals surface area contributed by atoms with Gasteiger partial charge in [0.15, 0.2) is 5.96 Å². The maximum atomic E-state index is 12.6. The molecule has 0 aromatic carbocycles. The molecule has 0 bridgehead atoms. The number of halogens is 4. The number of hydrogen-bond donors (Lipinski definition) is 2. The second kappa shape index (κ2) is 11.6. The molecule has 1 fully saturated rings. The summed E-state index contributed by atoms with van der Waals surface area (Å²) in [5.74, 6) is 0.735. The van der Waals surface area contributed by atoms with Gasteiger partial charge in [0.2, 0.25) is 0 Å². The average molecular weight is 529 g/mol. The first kappa shape index (κ1) is 26.7. The van der Waals surface area contributed by atoms with Gasteiger partial charge in [-0.2, -0.15) is 17.5 Å². The standard InChI is InChI=1S/C15H30F3N5O2S.HI/c1-12(2)22(4)10-7-20-14(19-3)21-11-13-5-8-23(9-6-13)26(24,25)15(16,17)18;/h12-13H,5-11H2,1-4H3,(H2,19,20,21);1H. The van der Waals surface area contributed by atoms with Gasteiger partial charge in [-0.15, -0.1) is 24.0 Å². The Morgan fingerprint density at radius 2 is 1.81 bits per heavy atom. The van der Waals surface area contributed by atoms with Crippen molar-refractivity contribution in [2.45, 2.75) is 38.2 Å². The summed E-state index contributed by atoms with van der Waals surface area (Å²) in [7, 11) is -1.53. The molecule has 0 atom stereocenters. The van der Waals surface area contributed by atoms with Crippen LogP contribution in [0.3, 0.4) is 0 Å². The van der Waals surface area contributed by atoms with Crippen LogP contribution in [-0.4, -0.2) is 82.0 Å². The molecule has 0 aliphatic carbocycles. The SMILES string of the molecule is CN=C(NCCN(C)C(C)C)NCC1CCN(S(=O)(=O)C(F)(F)F)CC1.I. The summed E-state index contributed by atoms with van der Waals surface area (Å²) < 4.78 is 61.0. The topological polar surface area (TPSA) is 77.0 Å². The minimum absolute atomic E-state index is 0. The van der Waals surface area contributed by atoms with Gasteiger partial charge in [-0.3, -0.25) is 4.99 Å². The fraction of sp³-hybridized carbons (Fsp3) is 0.933. The maximum absolute atomic E-state index is 12.6. The van der Waals surface area contributed by atoms with E-state index < -0.39 is 15.5 Å². The van der Waals surface area contributed by atoms with Gasteiger partial charge in [0.1, 0.15) is 0 Å². The Hall–Kier alpha value is -0.340.